The third kappa shape index (κ3) is 3.61. The Morgan fingerprint density at radius 3 is 1.93 bits per heavy atom. The summed E-state index contributed by atoms with van der Waals surface area (Å²) in [5, 5.41) is 9.49. The number of halogens is 8. The molecule has 0 aliphatic heterocycles. The Balaban J connectivity index is 2.75. The van der Waals surface area contributed by atoms with Crippen molar-refractivity contribution in [3.05, 3.63) is 58.2 Å². The van der Waals surface area contributed by atoms with E-state index in [2.05, 4.69) is 0 Å². The molecule has 0 amide bonds. The fourth-order valence-electron chi connectivity index (χ4n) is 3.05. The second kappa shape index (κ2) is 7.40. The van der Waals surface area contributed by atoms with Gasteiger partial charge in [0.05, 0.1) is 5.56 Å². The van der Waals surface area contributed by atoms with Crippen LogP contribution in [0.15, 0.2) is 24.3 Å². The third-order valence-corrected chi connectivity index (χ3v) is 4.58. The average Bonchev–Trinajstić information content (AvgIpc) is 2.59. The van der Waals surface area contributed by atoms with Crippen molar-refractivity contribution >= 4 is 6.29 Å². The van der Waals surface area contributed by atoms with E-state index in [1.54, 1.807) is 0 Å². The van der Waals surface area contributed by atoms with Gasteiger partial charge in [-0.05, 0) is 41.7 Å². The number of aliphatic hydroxyl groups is 1. The summed E-state index contributed by atoms with van der Waals surface area (Å²) in [5.41, 5.74) is -7.93. The van der Waals surface area contributed by atoms with Crippen LogP contribution in [-0.4, -0.2) is 23.7 Å². The van der Waals surface area contributed by atoms with Crippen molar-refractivity contribution < 1.29 is 45.0 Å². The van der Waals surface area contributed by atoms with E-state index in [0.717, 1.165) is 19.1 Å². The number of hydrogen-bond acceptors (Lipinski definition) is 2. The molecule has 1 N–H and O–H groups in total. The molecule has 0 bridgehead atoms. The minimum absolute atomic E-state index is 0.0292. The standard InChI is InChI=1S/C19H14F8O2/c1-3-11-13(7-15(20)14(8-28)16(11)21)12-5-4-10(6-9(12)2)17(29,18(22,23)24)19(25,26)27/h4-8,29H,3H2,1-2H3. The van der Waals surface area contributed by atoms with E-state index in [9.17, 15) is 45.0 Å². The van der Waals surface area contributed by atoms with Gasteiger partial charge in [0.25, 0.3) is 5.60 Å². The normalized spacial score (nSPS) is 12.9. The molecule has 0 saturated heterocycles. The first-order valence-corrected chi connectivity index (χ1v) is 8.14. The predicted octanol–water partition coefficient (Wildman–Crippen LogP) is 5.63. The molecule has 2 rings (SSSR count). The van der Waals surface area contributed by atoms with Crippen LogP contribution in [0.1, 0.15) is 34.0 Å². The zero-order valence-electron chi connectivity index (χ0n) is 15.0. The summed E-state index contributed by atoms with van der Waals surface area (Å²) in [7, 11) is 0. The molecule has 0 heterocycles. The van der Waals surface area contributed by atoms with Crippen LogP contribution in [0.2, 0.25) is 0 Å². The van der Waals surface area contributed by atoms with Crippen molar-refractivity contribution in [2.45, 2.75) is 38.2 Å². The van der Waals surface area contributed by atoms with E-state index in [-0.39, 0.29) is 35.0 Å². The molecule has 0 aromatic heterocycles. The van der Waals surface area contributed by atoms with Crippen molar-refractivity contribution in [2.75, 3.05) is 0 Å². The van der Waals surface area contributed by atoms with Crippen molar-refractivity contribution in [3.63, 3.8) is 0 Å². The number of rotatable bonds is 4. The van der Waals surface area contributed by atoms with E-state index in [1.165, 1.54) is 6.92 Å². The van der Waals surface area contributed by atoms with Crippen molar-refractivity contribution in [2.24, 2.45) is 0 Å². The van der Waals surface area contributed by atoms with Crippen LogP contribution in [0.4, 0.5) is 35.1 Å². The zero-order chi connectivity index (χ0) is 22.4. The fraction of sp³-hybridized carbons (Fsp3) is 0.316. The van der Waals surface area contributed by atoms with Gasteiger partial charge in [0, 0.05) is 5.56 Å². The third-order valence-electron chi connectivity index (χ3n) is 4.58. The molecular formula is C19H14F8O2. The first-order chi connectivity index (χ1) is 13.2. The summed E-state index contributed by atoms with van der Waals surface area (Å²) in [5.74, 6) is -2.39. The summed E-state index contributed by atoms with van der Waals surface area (Å²) < 4.78 is 107. The number of carbonyl (C=O) groups excluding carboxylic acids is 1. The zero-order valence-corrected chi connectivity index (χ0v) is 15.0. The molecule has 0 radical (unpaired) electrons. The Morgan fingerprint density at radius 2 is 1.52 bits per heavy atom. The molecule has 2 aromatic rings. The minimum atomic E-state index is -6.06. The predicted molar refractivity (Wildman–Crippen MR) is 87.3 cm³/mol. The summed E-state index contributed by atoms with van der Waals surface area (Å²) >= 11 is 0. The highest BCUT2D eigenvalue weighted by molar-refractivity contribution is 5.80. The van der Waals surface area contributed by atoms with Gasteiger partial charge in [-0.2, -0.15) is 26.3 Å². The van der Waals surface area contributed by atoms with Gasteiger partial charge < -0.3 is 5.11 Å². The Morgan fingerprint density at radius 1 is 0.966 bits per heavy atom. The average molecular weight is 426 g/mol. The van der Waals surface area contributed by atoms with Gasteiger partial charge in [-0.1, -0.05) is 25.1 Å². The highest BCUT2D eigenvalue weighted by Crippen LogP contribution is 2.50. The smallest absolute Gasteiger partial charge is 0.369 e. The van der Waals surface area contributed by atoms with E-state index in [1.807, 2.05) is 0 Å². The molecule has 158 valence electrons. The summed E-state index contributed by atoms with van der Waals surface area (Å²) in [6.45, 7) is 2.61. The molecule has 29 heavy (non-hydrogen) atoms. The quantitative estimate of drug-likeness (QED) is 0.509. The maximum atomic E-state index is 14.4. The summed E-state index contributed by atoms with van der Waals surface area (Å²) in [6.07, 6.45) is -12.2. The highest BCUT2D eigenvalue weighted by atomic mass is 19.4. The van der Waals surface area contributed by atoms with Gasteiger partial charge in [0.15, 0.2) is 6.29 Å². The summed E-state index contributed by atoms with van der Waals surface area (Å²) in [6, 6.07) is 2.44. The lowest BCUT2D eigenvalue weighted by molar-refractivity contribution is -0.376. The molecule has 10 heteroatoms. The summed E-state index contributed by atoms with van der Waals surface area (Å²) in [4.78, 5) is 10.9. The van der Waals surface area contributed by atoms with Crippen molar-refractivity contribution in [1.82, 2.24) is 0 Å². The van der Waals surface area contributed by atoms with E-state index in [4.69, 9.17) is 0 Å². The maximum Gasteiger partial charge on any atom is 0.430 e. The van der Waals surface area contributed by atoms with Gasteiger partial charge >= 0.3 is 12.4 Å². The Bertz CT molecular complexity index is 931. The van der Waals surface area contributed by atoms with Crippen molar-refractivity contribution in [1.29, 1.82) is 0 Å². The van der Waals surface area contributed by atoms with Crippen LogP contribution in [0.5, 0.6) is 0 Å². The second-order valence-electron chi connectivity index (χ2n) is 6.32. The number of hydrogen-bond donors (Lipinski definition) is 1. The van der Waals surface area contributed by atoms with Gasteiger partial charge in [0.2, 0.25) is 0 Å². The molecule has 0 aliphatic rings. The number of aldehydes is 1. The monoisotopic (exact) mass is 426 g/mol. The van der Waals surface area contributed by atoms with E-state index in [0.29, 0.717) is 12.1 Å². The topological polar surface area (TPSA) is 37.3 Å². The van der Waals surface area contributed by atoms with Gasteiger partial charge in [0.1, 0.15) is 11.6 Å². The van der Waals surface area contributed by atoms with Gasteiger partial charge in [-0.3, -0.25) is 4.79 Å². The first-order valence-electron chi connectivity index (χ1n) is 8.14. The van der Waals surface area contributed by atoms with Crippen LogP contribution >= 0.6 is 0 Å². The molecule has 0 fully saturated rings. The lowest BCUT2D eigenvalue weighted by Crippen LogP contribution is -2.53. The first kappa shape index (κ1) is 22.8. The van der Waals surface area contributed by atoms with Crippen LogP contribution in [-0.2, 0) is 12.0 Å². The van der Waals surface area contributed by atoms with Crippen molar-refractivity contribution in [3.8, 4) is 11.1 Å². The SMILES string of the molecule is CCc1c(-c2ccc(C(O)(C(F)(F)F)C(F)(F)F)cc2C)cc(F)c(C=O)c1F. The van der Waals surface area contributed by atoms with Gasteiger partial charge in [-0.25, -0.2) is 8.78 Å². The molecule has 0 saturated carbocycles. The molecule has 2 nitrogen and oxygen atoms in total. The maximum absolute atomic E-state index is 14.4. The Kier molecular flexibility index (Phi) is 5.82. The molecule has 0 aliphatic carbocycles. The molecular weight excluding hydrogens is 412 g/mol. The highest BCUT2D eigenvalue weighted by Gasteiger charge is 2.71. The Hall–Kier alpha value is -2.49. The van der Waals surface area contributed by atoms with Gasteiger partial charge in [-0.15, -0.1) is 0 Å². The van der Waals surface area contributed by atoms with Crippen LogP contribution < -0.4 is 0 Å². The fourth-order valence-corrected chi connectivity index (χ4v) is 3.05. The number of alkyl halides is 6. The van der Waals surface area contributed by atoms with Crippen LogP contribution in [0.25, 0.3) is 11.1 Å². The molecule has 0 spiro atoms. The lowest BCUT2D eigenvalue weighted by Gasteiger charge is -2.33. The molecule has 0 unspecified atom stereocenters. The van der Waals surface area contributed by atoms with E-state index >= 15 is 0 Å². The largest absolute Gasteiger partial charge is 0.430 e. The Labute approximate surface area is 159 Å². The second-order valence-corrected chi connectivity index (χ2v) is 6.32. The minimum Gasteiger partial charge on any atom is -0.369 e. The number of benzene rings is 2. The molecule has 0 atom stereocenters. The lowest BCUT2D eigenvalue weighted by atomic mass is 9.86. The number of carbonyl (C=O) groups is 1. The van der Waals surface area contributed by atoms with E-state index < -0.39 is 40.7 Å². The number of aryl methyl sites for hydroxylation is 1. The molecule has 2 aromatic carbocycles. The van der Waals surface area contributed by atoms with Crippen LogP contribution in [0, 0.1) is 18.6 Å². The van der Waals surface area contributed by atoms with Crippen LogP contribution in [0.3, 0.4) is 0 Å².